The molecule has 0 saturated carbocycles. The minimum atomic E-state index is -4.02. The highest BCUT2D eigenvalue weighted by Crippen LogP contribution is 2.29. The number of anilines is 1. The van der Waals surface area contributed by atoms with Gasteiger partial charge in [0.25, 0.3) is 10.0 Å². The van der Waals surface area contributed by atoms with Crippen molar-refractivity contribution in [2.75, 3.05) is 4.72 Å². The fourth-order valence-corrected chi connectivity index (χ4v) is 4.89. The Kier molecular flexibility index (Phi) is 3.35. The number of benzene rings is 1. The highest BCUT2D eigenvalue weighted by molar-refractivity contribution is 7.95. The van der Waals surface area contributed by atoms with Crippen LogP contribution in [-0.2, 0) is 10.0 Å². The summed E-state index contributed by atoms with van der Waals surface area (Å²) in [6, 6.07) is 7.20. The summed E-state index contributed by atoms with van der Waals surface area (Å²) in [6.45, 7) is 0. The smallest absolute Gasteiger partial charge is 0.356 e. The highest BCUT2D eigenvalue weighted by atomic mass is 32.2. The number of hydrogen-bond acceptors (Lipinski definition) is 7. The summed E-state index contributed by atoms with van der Waals surface area (Å²) >= 11 is 1.92. The van der Waals surface area contributed by atoms with E-state index >= 15 is 0 Å². The number of aromatic carboxylic acids is 1. The van der Waals surface area contributed by atoms with Gasteiger partial charge in [-0.2, -0.15) is 0 Å². The fraction of sp³-hybridized carbons (Fsp3) is 0. The van der Waals surface area contributed by atoms with Crippen LogP contribution >= 0.6 is 22.7 Å². The molecule has 10 heteroatoms. The number of rotatable bonds is 4. The van der Waals surface area contributed by atoms with Crippen molar-refractivity contribution in [2.45, 2.75) is 4.21 Å². The first-order valence-electron chi connectivity index (χ1n) is 5.52. The Hall–Kier alpha value is -2.04. The lowest BCUT2D eigenvalue weighted by molar-refractivity contribution is 0.0687. The monoisotopic (exact) mass is 341 g/mol. The number of carboxylic acid groups (broad SMARTS) is 1. The van der Waals surface area contributed by atoms with Gasteiger partial charge < -0.3 is 5.11 Å². The van der Waals surface area contributed by atoms with Gasteiger partial charge in [0.15, 0.2) is 15.0 Å². The van der Waals surface area contributed by atoms with Crippen LogP contribution in [-0.4, -0.2) is 29.5 Å². The Morgan fingerprint density at radius 1 is 1.29 bits per heavy atom. The van der Waals surface area contributed by atoms with E-state index in [-0.39, 0.29) is 9.34 Å². The van der Waals surface area contributed by atoms with Crippen LogP contribution in [0, 0.1) is 0 Å². The van der Waals surface area contributed by atoms with Crippen LogP contribution in [0.2, 0.25) is 0 Å². The SMILES string of the molecule is O=C(O)c1ncsc1S(=O)(=O)Nc1nc2ccccc2s1. The van der Waals surface area contributed by atoms with E-state index in [1.54, 1.807) is 12.1 Å². The molecule has 0 aliphatic carbocycles. The summed E-state index contributed by atoms with van der Waals surface area (Å²) in [4.78, 5) is 18.7. The van der Waals surface area contributed by atoms with E-state index in [1.807, 2.05) is 12.1 Å². The molecule has 0 aliphatic rings. The van der Waals surface area contributed by atoms with Gasteiger partial charge in [0, 0.05) is 0 Å². The highest BCUT2D eigenvalue weighted by Gasteiger charge is 2.26. The molecule has 108 valence electrons. The van der Waals surface area contributed by atoms with Gasteiger partial charge in [0.1, 0.15) is 0 Å². The normalized spacial score (nSPS) is 11.6. The van der Waals surface area contributed by atoms with Gasteiger partial charge in [0.05, 0.1) is 15.7 Å². The summed E-state index contributed by atoms with van der Waals surface area (Å²) in [5.74, 6) is -1.39. The summed E-state index contributed by atoms with van der Waals surface area (Å²) in [5.41, 5.74) is 1.35. The number of sulfonamides is 1. The van der Waals surface area contributed by atoms with Gasteiger partial charge in [-0.05, 0) is 12.1 Å². The molecule has 0 bridgehead atoms. The van der Waals surface area contributed by atoms with E-state index in [0.29, 0.717) is 5.52 Å². The molecule has 0 fully saturated rings. The minimum Gasteiger partial charge on any atom is -0.476 e. The second-order valence-corrected chi connectivity index (χ2v) is 7.65. The largest absolute Gasteiger partial charge is 0.476 e. The first kappa shape index (κ1) is 13.9. The zero-order valence-corrected chi connectivity index (χ0v) is 12.6. The van der Waals surface area contributed by atoms with Gasteiger partial charge in [-0.25, -0.2) is 23.2 Å². The number of nitrogens with one attached hydrogen (secondary N) is 1. The maximum Gasteiger partial charge on any atom is 0.356 e. The van der Waals surface area contributed by atoms with E-state index in [4.69, 9.17) is 5.11 Å². The van der Waals surface area contributed by atoms with Crippen LogP contribution in [0.4, 0.5) is 5.13 Å². The van der Waals surface area contributed by atoms with Crippen molar-refractivity contribution >= 4 is 54.0 Å². The molecular formula is C11H7N3O4S3. The third-order valence-electron chi connectivity index (χ3n) is 2.50. The van der Waals surface area contributed by atoms with E-state index in [9.17, 15) is 13.2 Å². The first-order chi connectivity index (χ1) is 9.97. The van der Waals surface area contributed by atoms with Gasteiger partial charge >= 0.3 is 5.97 Å². The maximum atomic E-state index is 12.2. The lowest BCUT2D eigenvalue weighted by atomic mass is 10.3. The van der Waals surface area contributed by atoms with Gasteiger partial charge in [-0.3, -0.25) is 4.72 Å². The molecule has 21 heavy (non-hydrogen) atoms. The lowest BCUT2D eigenvalue weighted by Crippen LogP contribution is -2.15. The Morgan fingerprint density at radius 2 is 2.05 bits per heavy atom. The Bertz CT molecular complexity index is 896. The number of carbonyl (C=O) groups is 1. The fourth-order valence-electron chi connectivity index (χ4n) is 1.65. The zero-order valence-electron chi connectivity index (χ0n) is 10.2. The number of fused-ring (bicyclic) bond motifs is 1. The second kappa shape index (κ2) is 5.06. The van der Waals surface area contributed by atoms with Crippen LogP contribution in [0.25, 0.3) is 10.2 Å². The Balaban J connectivity index is 1.99. The number of aromatic nitrogens is 2. The Labute approximate surface area is 127 Å². The van der Waals surface area contributed by atoms with Crippen molar-refractivity contribution in [3.63, 3.8) is 0 Å². The van der Waals surface area contributed by atoms with Crippen molar-refractivity contribution in [1.29, 1.82) is 0 Å². The molecule has 0 atom stereocenters. The number of thiazole rings is 2. The summed E-state index contributed by atoms with van der Waals surface area (Å²) in [6.07, 6.45) is 0. The minimum absolute atomic E-state index is 0.181. The molecule has 0 radical (unpaired) electrons. The average molecular weight is 341 g/mol. The average Bonchev–Trinajstić information content (AvgIpc) is 3.04. The number of carboxylic acids is 1. The molecule has 3 aromatic rings. The molecule has 1 aromatic carbocycles. The van der Waals surface area contributed by atoms with Crippen molar-refractivity contribution in [1.82, 2.24) is 9.97 Å². The molecule has 7 nitrogen and oxygen atoms in total. The van der Waals surface area contributed by atoms with Gasteiger partial charge in [-0.1, -0.05) is 23.5 Å². The third-order valence-corrected chi connectivity index (χ3v) is 6.29. The van der Waals surface area contributed by atoms with Crippen molar-refractivity contribution in [3.05, 3.63) is 35.5 Å². The lowest BCUT2D eigenvalue weighted by Gasteiger charge is -2.02. The second-order valence-electron chi connectivity index (χ2n) is 3.89. The first-order valence-corrected chi connectivity index (χ1v) is 8.70. The summed E-state index contributed by atoms with van der Waals surface area (Å²) in [7, 11) is -4.02. The van der Waals surface area contributed by atoms with E-state index < -0.39 is 21.7 Å². The molecular weight excluding hydrogens is 334 g/mol. The van der Waals surface area contributed by atoms with Crippen LogP contribution in [0.3, 0.4) is 0 Å². The number of para-hydroxylation sites is 1. The summed E-state index contributed by atoms with van der Waals surface area (Å²) in [5, 5.41) is 9.12. The van der Waals surface area contributed by atoms with Gasteiger partial charge in [-0.15, -0.1) is 11.3 Å². The van der Waals surface area contributed by atoms with Crippen LogP contribution in [0.5, 0.6) is 0 Å². The zero-order chi connectivity index (χ0) is 15.0. The van der Waals surface area contributed by atoms with E-state index in [2.05, 4.69) is 14.7 Å². The molecule has 0 spiro atoms. The molecule has 0 unspecified atom stereocenters. The number of hydrogen-bond donors (Lipinski definition) is 2. The van der Waals surface area contributed by atoms with Gasteiger partial charge in [0.2, 0.25) is 0 Å². The molecule has 0 aliphatic heterocycles. The standard InChI is InChI=1S/C11H7N3O4S3/c15-9(16)8-10(19-5-12-8)21(17,18)14-11-13-6-3-1-2-4-7(6)20-11/h1-5H,(H,13,14)(H,15,16). The summed E-state index contributed by atoms with van der Waals surface area (Å²) < 4.78 is 27.2. The quantitative estimate of drug-likeness (QED) is 0.753. The van der Waals surface area contributed by atoms with Crippen LogP contribution < -0.4 is 4.72 Å². The van der Waals surface area contributed by atoms with E-state index in [0.717, 1.165) is 16.0 Å². The molecule has 0 saturated heterocycles. The van der Waals surface area contributed by atoms with Crippen LogP contribution in [0.15, 0.2) is 34.0 Å². The third kappa shape index (κ3) is 2.60. The van der Waals surface area contributed by atoms with E-state index in [1.165, 1.54) is 16.8 Å². The molecule has 3 rings (SSSR count). The molecule has 2 heterocycles. The maximum absolute atomic E-state index is 12.2. The van der Waals surface area contributed by atoms with Crippen molar-refractivity contribution < 1.29 is 18.3 Å². The molecule has 2 N–H and O–H groups in total. The molecule has 2 aromatic heterocycles. The Morgan fingerprint density at radius 3 is 2.76 bits per heavy atom. The van der Waals surface area contributed by atoms with Crippen molar-refractivity contribution in [2.24, 2.45) is 0 Å². The van der Waals surface area contributed by atoms with Crippen LogP contribution in [0.1, 0.15) is 10.5 Å². The predicted octanol–water partition coefficient (Wildman–Crippen LogP) is 2.25. The van der Waals surface area contributed by atoms with Crippen molar-refractivity contribution in [3.8, 4) is 0 Å². The molecule has 0 amide bonds. The predicted molar refractivity (Wildman–Crippen MR) is 79.5 cm³/mol. The number of nitrogens with zero attached hydrogens (tertiary/aromatic N) is 2. The topological polar surface area (TPSA) is 109 Å².